The van der Waals surface area contributed by atoms with Crippen LogP contribution in [0.2, 0.25) is 0 Å². The highest BCUT2D eigenvalue weighted by atomic mass is 19.3. The molecule has 0 radical (unpaired) electrons. The maximum Gasteiger partial charge on any atom is 0.280 e. The van der Waals surface area contributed by atoms with E-state index in [1.807, 2.05) is 6.92 Å². The minimum atomic E-state index is -3.05. The van der Waals surface area contributed by atoms with Crippen molar-refractivity contribution in [2.75, 3.05) is 0 Å². The van der Waals surface area contributed by atoms with Gasteiger partial charge in [-0.1, -0.05) is 0 Å². The first kappa shape index (κ1) is 17.8. The quantitative estimate of drug-likeness (QED) is 0.677. The molecule has 0 spiro atoms. The maximum atomic E-state index is 13.1. The summed E-state index contributed by atoms with van der Waals surface area (Å²) < 4.78 is 54.2. The Bertz CT molecular complexity index is 936. The molecule has 0 saturated heterocycles. The van der Waals surface area contributed by atoms with Gasteiger partial charge in [-0.3, -0.25) is 9.48 Å². The van der Waals surface area contributed by atoms with Crippen LogP contribution in [0.15, 0.2) is 24.4 Å². The molecule has 0 aliphatic heterocycles. The summed E-state index contributed by atoms with van der Waals surface area (Å²) in [6, 6.07) is 3.38. The number of carbonyl (C=O) groups is 1. The van der Waals surface area contributed by atoms with Gasteiger partial charge in [-0.15, -0.1) is 0 Å². The second-order valence-electron chi connectivity index (χ2n) is 5.35. The number of amides is 1. The van der Waals surface area contributed by atoms with E-state index in [0.29, 0.717) is 22.8 Å². The van der Waals surface area contributed by atoms with E-state index < -0.39 is 30.1 Å². The van der Waals surface area contributed by atoms with E-state index in [1.165, 1.54) is 0 Å². The van der Waals surface area contributed by atoms with Crippen LogP contribution in [0.3, 0.4) is 0 Å². The number of aromatic nitrogens is 5. The molecule has 3 rings (SSSR count). The number of nitrogens with zero attached hydrogens (tertiary/aromatic N) is 5. The third kappa shape index (κ3) is 3.51. The van der Waals surface area contributed by atoms with Crippen LogP contribution in [0.1, 0.15) is 47.3 Å². The normalized spacial score (nSPS) is 11.7. The van der Waals surface area contributed by atoms with Crippen LogP contribution in [-0.2, 0) is 13.1 Å². The van der Waals surface area contributed by atoms with Gasteiger partial charge in [0.05, 0.1) is 12.2 Å². The van der Waals surface area contributed by atoms with Gasteiger partial charge in [-0.05, 0) is 19.1 Å². The molecule has 11 heteroatoms. The monoisotopic (exact) mass is 370 g/mol. The maximum absolute atomic E-state index is 13.1. The van der Waals surface area contributed by atoms with Crippen LogP contribution < -0.4 is 5.32 Å². The summed E-state index contributed by atoms with van der Waals surface area (Å²) in [6.45, 7) is 2.69. The average Bonchev–Trinajstić information content (AvgIpc) is 3.24. The number of alkyl halides is 4. The van der Waals surface area contributed by atoms with Gasteiger partial charge in [-0.25, -0.2) is 27.1 Å². The average molecular weight is 370 g/mol. The van der Waals surface area contributed by atoms with Crippen molar-refractivity contribution in [3.63, 3.8) is 0 Å². The summed E-state index contributed by atoms with van der Waals surface area (Å²) in [5.74, 6) is -0.652. The molecule has 138 valence electrons. The molecule has 1 amide bonds. The van der Waals surface area contributed by atoms with Crippen molar-refractivity contribution in [2.45, 2.75) is 32.9 Å². The van der Waals surface area contributed by atoms with Gasteiger partial charge in [0.2, 0.25) is 0 Å². The standard InChI is InChI=1S/C15H14F4N6O/c1-2-24-4-3-8(22-24)7-20-15(26)10-6-12-21-9(13(16)17)5-11(14(18)19)25(12)23-10/h3-6,13-14H,2,7H2,1H3,(H,20,26). The molecule has 1 N–H and O–H groups in total. The van der Waals surface area contributed by atoms with Crippen molar-refractivity contribution >= 4 is 11.6 Å². The van der Waals surface area contributed by atoms with Gasteiger partial charge in [-0.2, -0.15) is 10.2 Å². The van der Waals surface area contributed by atoms with Gasteiger partial charge < -0.3 is 5.32 Å². The Morgan fingerprint density at radius 2 is 1.96 bits per heavy atom. The Morgan fingerprint density at radius 3 is 2.58 bits per heavy atom. The minimum absolute atomic E-state index is 0.108. The Hall–Kier alpha value is -2.98. The molecule has 0 aliphatic carbocycles. The topological polar surface area (TPSA) is 77.1 Å². The fourth-order valence-electron chi connectivity index (χ4n) is 2.33. The predicted octanol–water partition coefficient (Wildman–Crippen LogP) is 2.75. The lowest BCUT2D eigenvalue weighted by Gasteiger charge is -2.06. The van der Waals surface area contributed by atoms with E-state index in [2.05, 4.69) is 20.5 Å². The summed E-state index contributed by atoms with van der Waals surface area (Å²) >= 11 is 0. The molecule has 0 bridgehead atoms. The van der Waals surface area contributed by atoms with Crippen LogP contribution in [0.4, 0.5) is 17.6 Å². The SMILES string of the molecule is CCn1ccc(CNC(=O)c2cc3nc(C(F)F)cc(C(F)F)n3n2)n1. The second kappa shape index (κ2) is 7.10. The van der Waals surface area contributed by atoms with E-state index >= 15 is 0 Å². The van der Waals surface area contributed by atoms with Crippen molar-refractivity contribution < 1.29 is 22.4 Å². The van der Waals surface area contributed by atoms with E-state index in [9.17, 15) is 22.4 Å². The van der Waals surface area contributed by atoms with Gasteiger partial charge in [0, 0.05) is 18.8 Å². The first-order chi connectivity index (χ1) is 12.4. The Kier molecular flexibility index (Phi) is 4.87. The van der Waals surface area contributed by atoms with Gasteiger partial charge >= 0.3 is 0 Å². The molecular formula is C15H14F4N6O. The van der Waals surface area contributed by atoms with Crippen LogP contribution in [-0.4, -0.2) is 30.3 Å². The zero-order valence-corrected chi connectivity index (χ0v) is 13.5. The fourth-order valence-corrected chi connectivity index (χ4v) is 2.33. The van der Waals surface area contributed by atoms with Crippen molar-refractivity contribution in [2.24, 2.45) is 0 Å². The van der Waals surface area contributed by atoms with Crippen LogP contribution in [0.25, 0.3) is 5.65 Å². The number of halogens is 4. The Labute approximate surface area is 144 Å². The number of aryl methyl sites for hydroxylation is 1. The van der Waals surface area contributed by atoms with Crippen molar-refractivity contribution in [1.82, 2.24) is 29.7 Å². The summed E-state index contributed by atoms with van der Waals surface area (Å²) in [4.78, 5) is 15.8. The zero-order valence-electron chi connectivity index (χ0n) is 13.5. The van der Waals surface area contributed by atoms with E-state index in [1.54, 1.807) is 16.9 Å². The van der Waals surface area contributed by atoms with Crippen molar-refractivity contribution in [3.8, 4) is 0 Å². The smallest absolute Gasteiger partial charge is 0.280 e. The summed E-state index contributed by atoms with van der Waals surface area (Å²) in [6.07, 6.45) is -4.32. The lowest BCUT2D eigenvalue weighted by Crippen LogP contribution is -2.23. The van der Waals surface area contributed by atoms with Crippen LogP contribution in [0.5, 0.6) is 0 Å². The molecule has 3 heterocycles. The molecule has 0 aliphatic rings. The van der Waals surface area contributed by atoms with Crippen LogP contribution in [0, 0.1) is 0 Å². The molecule has 26 heavy (non-hydrogen) atoms. The molecule has 3 aromatic rings. The van der Waals surface area contributed by atoms with E-state index in [4.69, 9.17) is 0 Å². The number of carbonyl (C=O) groups excluding carboxylic acids is 1. The number of fused-ring (bicyclic) bond motifs is 1. The second-order valence-corrected chi connectivity index (χ2v) is 5.35. The third-order valence-electron chi connectivity index (χ3n) is 3.60. The molecule has 3 aromatic heterocycles. The minimum Gasteiger partial charge on any atom is -0.345 e. The lowest BCUT2D eigenvalue weighted by molar-refractivity contribution is 0.0943. The van der Waals surface area contributed by atoms with Gasteiger partial charge in [0.15, 0.2) is 11.3 Å². The van der Waals surface area contributed by atoms with E-state index in [0.717, 1.165) is 6.07 Å². The molecule has 0 atom stereocenters. The Morgan fingerprint density at radius 1 is 1.19 bits per heavy atom. The number of rotatable bonds is 6. The first-order valence-corrected chi connectivity index (χ1v) is 7.66. The molecule has 0 saturated carbocycles. The highest BCUT2D eigenvalue weighted by Gasteiger charge is 2.22. The molecule has 0 unspecified atom stereocenters. The highest BCUT2D eigenvalue weighted by molar-refractivity contribution is 5.93. The Balaban J connectivity index is 1.85. The van der Waals surface area contributed by atoms with Crippen molar-refractivity contribution in [3.05, 3.63) is 47.2 Å². The largest absolute Gasteiger partial charge is 0.345 e. The first-order valence-electron chi connectivity index (χ1n) is 7.66. The lowest BCUT2D eigenvalue weighted by atomic mass is 10.3. The summed E-state index contributed by atoms with van der Waals surface area (Å²) in [5.41, 5.74) is -1.41. The predicted molar refractivity (Wildman–Crippen MR) is 82.0 cm³/mol. The number of hydrogen-bond donors (Lipinski definition) is 1. The highest BCUT2D eigenvalue weighted by Crippen LogP contribution is 2.25. The van der Waals surface area contributed by atoms with Gasteiger partial charge in [0.25, 0.3) is 18.8 Å². The third-order valence-corrected chi connectivity index (χ3v) is 3.60. The summed E-state index contributed by atoms with van der Waals surface area (Å²) in [7, 11) is 0. The molecule has 7 nitrogen and oxygen atoms in total. The molecule has 0 fully saturated rings. The zero-order chi connectivity index (χ0) is 18.8. The number of nitrogens with one attached hydrogen (secondary N) is 1. The summed E-state index contributed by atoms with van der Waals surface area (Å²) in [5, 5.41) is 10.5. The molecular weight excluding hydrogens is 356 g/mol. The molecule has 0 aromatic carbocycles. The van der Waals surface area contributed by atoms with E-state index in [-0.39, 0.29) is 17.9 Å². The van der Waals surface area contributed by atoms with Crippen molar-refractivity contribution in [1.29, 1.82) is 0 Å². The van der Waals surface area contributed by atoms with Crippen LogP contribution >= 0.6 is 0 Å². The fraction of sp³-hybridized carbons (Fsp3) is 0.333. The number of hydrogen-bond acceptors (Lipinski definition) is 4. The van der Waals surface area contributed by atoms with Gasteiger partial charge in [0.1, 0.15) is 11.4 Å².